The van der Waals surface area contributed by atoms with Gasteiger partial charge in [-0.25, -0.2) is 0 Å². The zero-order chi connectivity index (χ0) is 6.91. The van der Waals surface area contributed by atoms with Gasteiger partial charge in [0, 0.05) is 5.92 Å². The Kier molecular flexibility index (Phi) is 1.43. The number of nitriles is 1. The highest BCUT2D eigenvalue weighted by Gasteiger charge is 2.35. The summed E-state index contributed by atoms with van der Waals surface area (Å²) in [6.45, 7) is 3.02. The van der Waals surface area contributed by atoms with E-state index in [-0.39, 0.29) is 5.92 Å². The number of ether oxygens (including phenoxy) is 1. The molecule has 1 aliphatic rings. The van der Waals surface area contributed by atoms with Gasteiger partial charge in [0.1, 0.15) is 5.54 Å². The molecule has 1 unspecified atom stereocenters. The van der Waals surface area contributed by atoms with Gasteiger partial charge in [0.2, 0.25) is 0 Å². The Balaban J connectivity index is 2.50. The molecule has 1 atom stereocenters. The summed E-state index contributed by atoms with van der Waals surface area (Å²) in [4.78, 5) is 0. The lowest BCUT2D eigenvalue weighted by Gasteiger charge is -2.34. The zero-order valence-corrected chi connectivity index (χ0v) is 5.42. The second-order valence-corrected chi connectivity index (χ2v) is 2.63. The van der Waals surface area contributed by atoms with E-state index in [0.29, 0.717) is 13.2 Å². The van der Waals surface area contributed by atoms with Crippen LogP contribution in [0.1, 0.15) is 6.92 Å². The van der Waals surface area contributed by atoms with Gasteiger partial charge in [0.15, 0.2) is 0 Å². The Morgan fingerprint density at radius 1 is 1.78 bits per heavy atom. The van der Waals surface area contributed by atoms with Crippen LogP contribution in [0, 0.1) is 17.2 Å². The third kappa shape index (κ3) is 1.04. The van der Waals surface area contributed by atoms with Crippen LogP contribution in [-0.4, -0.2) is 18.8 Å². The van der Waals surface area contributed by atoms with Crippen LogP contribution in [0.5, 0.6) is 0 Å². The Bertz CT molecular complexity index is 144. The molecule has 0 amide bonds. The lowest BCUT2D eigenvalue weighted by atomic mass is 9.87. The molecule has 1 fully saturated rings. The van der Waals surface area contributed by atoms with E-state index in [1.165, 1.54) is 0 Å². The van der Waals surface area contributed by atoms with Gasteiger partial charge in [-0.2, -0.15) is 5.26 Å². The van der Waals surface area contributed by atoms with E-state index in [9.17, 15) is 0 Å². The third-order valence-corrected chi connectivity index (χ3v) is 1.73. The van der Waals surface area contributed by atoms with Crippen molar-refractivity contribution in [2.24, 2.45) is 11.7 Å². The number of rotatable bonds is 1. The fourth-order valence-electron chi connectivity index (χ4n) is 0.673. The maximum absolute atomic E-state index is 8.50. The van der Waals surface area contributed by atoms with Crippen molar-refractivity contribution >= 4 is 0 Å². The van der Waals surface area contributed by atoms with Crippen LogP contribution in [0.3, 0.4) is 0 Å². The fourth-order valence-corrected chi connectivity index (χ4v) is 0.673. The first-order valence-corrected chi connectivity index (χ1v) is 2.94. The summed E-state index contributed by atoms with van der Waals surface area (Å²) in [6, 6.07) is 2.04. The van der Waals surface area contributed by atoms with Crippen LogP contribution in [0.4, 0.5) is 0 Å². The molecule has 1 aliphatic heterocycles. The molecule has 1 heterocycles. The molecule has 0 aromatic carbocycles. The number of nitrogens with zero attached hydrogens (tertiary/aromatic N) is 1. The number of nitrogens with two attached hydrogens (primary N) is 1. The van der Waals surface area contributed by atoms with Gasteiger partial charge in [0.05, 0.1) is 19.3 Å². The smallest absolute Gasteiger partial charge is 0.108 e. The van der Waals surface area contributed by atoms with Crippen molar-refractivity contribution in [3.8, 4) is 6.07 Å². The highest BCUT2D eigenvalue weighted by molar-refractivity contribution is 5.07. The van der Waals surface area contributed by atoms with Crippen molar-refractivity contribution in [3.05, 3.63) is 0 Å². The van der Waals surface area contributed by atoms with Gasteiger partial charge in [0.25, 0.3) is 0 Å². The van der Waals surface area contributed by atoms with Crippen LogP contribution in [0.15, 0.2) is 0 Å². The average Bonchev–Trinajstić information content (AvgIpc) is 1.60. The molecule has 0 aromatic heterocycles. The van der Waals surface area contributed by atoms with Crippen LogP contribution in [0.2, 0.25) is 0 Å². The van der Waals surface area contributed by atoms with Crippen LogP contribution in [-0.2, 0) is 4.74 Å². The highest BCUT2D eigenvalue weighted by Crippen LogP contribution is 2.21. The Labute approximate surface area is 54.4 Å². The standard InChI is InChI=1S/C6H10N2O/c1-6(8,4-7)5-2-9-3-5/h5H,2-3,8H2,1H3. The summed E-state index contributed by atoms with van der Waals surface area (Å²) >= 11 is 0. The molecule has 0 aromatic rings. The van der Waals surface area contributed by atoms with Gasteiger partial charge < -0.3 is 10.5 Å². The molecule has 1 rings (SSSR count). The summed E-state index contributed by atoms with van der Waals surface area (Å²) in [6.07, 6.45) is 0. The molecule has 0 bridgehead atoms. The van der Waals surface area contributed by atoms with Crippen molar-refractivity contribution in [2.45, 2.75) is 12.5 Å². The molecule has 2 N–H and O–H groups in total. The van der Waals surface area contributed by atoms with E-state index in [1.807, 2.05) is 6.07 Å². The number of hydrogen-bond donors (Lipinski definition) is 1. The topological polar surface area (TPSA) is 59.0 Å². The summed E-state index contributed by atoms with van der Waals surface area (Å²) < 4.78 is 4.89. The summed E-state index contributed by atoms with van der Waals surface area (Å²) in [7, 11) is 0. The summed E-state index contributed by atoms with van der Waals surface area (Å²) in [5.41, 5.74) is 4.90. The second kappa shape index (κ2) is 1.98. The van der Waals surface area contributed by atoms with Gasteiger partial charge >= 0.3 is 0 Å². The van der Waals surface area contributed by atoms with E-state index < -0.39 is 5.54 Å². The van der Waals surface area contributed by atoms with E-state index >= 15 is 0 Å². The van der Waals surface area contributed by atoms with E-state index in [1.54, 1.807) is 6.92 Å². The third-order valence-electron chi connectivity index (χ3n) is 1.73. The quantitative estimate of drug-likeness (QED) is 0.532. The average molecular weight is 126 g/mol. The normalized spacial score (nSPS) is 25.9. The highest BCUT2D eigenvalue weighted by atomic mass is 16.5. The summed E-state index contributed by atoms with van der Waals surface area (Å²) in [5.74, 6) is 0.238. The van der Waals surface area contributed by atoms with Crippen molar-refractivity contribution < 1.29 is 4.74 Å². The van der Waals surface area contributed by atoms with E-state index in [2.05, 4.69) is 0 Å². The maximum Gasteiger partial charge on any atom is 0.108 e. The van der Waals surface area contributed by atoms with Gasteiger partial charge in [-0.05, 0) is 6.92 Å². The van der Waals surface area contributed by atoms with E-state index in [0.717, 1.165) is 0 Å². The lowest BCUT2D eigenvalue weighted by molar-refractivity contribution is -0.0538. The minimum Gasteiger partial charge on any atom is -0.380 e. The minimum absolute atomic E-state index is 0.238. The predicted octanol–water partition coefficient (Wildman–Crippen LogP) is -0.126. The molecule has 3 heteroatoms. The number of hydrogen-bond acceptors (Lipinski definition) is 3. The molecule has 0 aliphatic carbocycles. The SMILES string of the molecule is CC(N)(C#N)C1COC1. The first-order valence-electron chi connectivity index (χ1n) is 2.94. The maximum atomic E-state index is 8.50. The molecule has 50 valence electrons. The first-order chi connectivity index (χ1) is 4.17. The molecule has 0 radical (unpaired) electrons. The molecular formula is C6H10N2O. The van der Waals surface area contributed by atoms with Crippen molar-refractivity contribution in [3.63, 3.8) is 0 Å². The second-order valence-electron chi connectivity index (χ2n) is 2.63. The van der Waals surface area contributed by atoms with E-state index in [4.69, 9.17) is 15.7 Å². The van der Waals surface area contributed by atoms with Crippen molar-refractivity contribution in [2.75, 3.05) is 13.2 Å². The molecule has 0 saturated carbocycles. The molecule has 3 nitrogen and oxygen atoms in total. The van der Waals surface area contributed by atoms with Gasteiger partial charge in [-0.3, -0.25) is 0 Å². The Morgan fingerprint density at radius 3 is 2.44 bits per heavy atom. The first kappa shape index (κ1) is 6.53. The van der Waals surface area contributed by atoms with Gasteiger partial charge in [-0.1, -0.05) is 0 Å². The van der Waals surface area contributed by atoms with Crippen LogP contribution < -0.4 is 5.73 Å². The van der Waals surface area contributed by atoms with Gasteiger partial charge in [-0.15, -0.1) is 0 Å². The monoisotopic (exact) mass is 126 g/mol. The molecule has 1 saturated heterocycles. The molecule has 0 spiro atoms. The Morgan fingerprint density at radius 2 is 2.33 bits per heavy atom. The predicted molar refractivity (Wildman–Crippen MR) is 32.5 cm³/mol. The minimum atomic E-state index is -0.682. The largest absolute Gasteiger partial charge is 0.380 e. The van der Waals surface area contributed by atoms with Crippen molar-refractivity contribution in [1.82, 2.24) is 0 Å². The molecule has 9 heavy (non-hydrogen) atoms. The summed E-state index contributed by atoms with van der Waals surface area (Å²) in [5, 5.41) is 8.50. The zero-order valence-electron chi connectivity index (χ0n) is 5.42. The van der Waals surface area contributed by atoms with Crippen LogP contribution in [0.25, 0.3) is 0 Å². The Hall–Kier alpha value is -0.590. The lowest BCUT2D eigenvalue weighted by Crippen LogP contribution is -2.51. The molecular weight excluding hydrogens is 116 g/mol. The van der Waals surface area contributed by atoms with Crippen LogP contribution >= 0.6 is 0 Å². The van der Waals surface area contributed by atoms with Crippen molar-refractivity contribution in [1.29, 1.82) is 5.26 Å². The fraction of sp³-hybridized carbons (Fsp3) is 0.833.